The molecule has 0 bridgehead atoms. The van der Waals surface area contributed by atoms with Crippen LogP contribution in [0.3, 0.4) is 0 Å². The van der Waals surface area contributed by atoms with E-state index in [0.717, 1.165) is 36.3 Å². The van der Waals surface area contributed by atoms with Crippen LogP contribution in [-0.4, -0.2) is 15.0 Å². The van der Waals surface area contributed by atoms with Gasteiger partial charge in [-0.1, -0.05) is 11.8 Å². The number of aromatic nitrogens is 3. The van der Waals surface area contributed by atoms with Crippen LogP contribution in [0.5, 0.6) is 0 Å². The highest BCUT2D eigenvalue weighted by Crippen LogP contribution is 2.23. The lowest BCUT2D eigenvalue weighted by Crippen LogP contribution is -2.14. The second kappa shape index (κ2) is 5.17. The molecule has 0 atom stereocenters. The van der Waals surface area contributed by atoms with E-state index in [9.17, 15) is 4.79 Å². The van der Waals surface area contributed by atoms with Crippen LogP contribution in [0.4, 0.5) is 0 Å². The predicted molar refractivity (Wildman–Crippen MR) is 75.4 cm³/mol. The number of fused-ring (bicyclic) bond motifs is 1. The maximum atomic E-state index is 11.9. The van der Waals surface area contributed by atoms with Crippen LogP contribution in [0.2, 0.25) is 0 Å². The van der Waals surface area contributed by atoms with E-state index < -0.39 is 0 Å². The number of aromatic amines is 1. The zero-order chi connectivity index (χ0) is 13.2. The van der Waals surface area contributed by atoms with Gasteiger partial charge in [0.05, 0.1) is 5.69 Å². The highest BCUT2D eigenvalue weighted by molar-refractivity contribution is 7.98. The number of hydrogen-bond acceptors (Lipinski definition) is 4. The molecule has 3 rings (SSSR count). The molecular weight excluding hydrogens is 258 g/mol. The van der Waals surface area contributed by atoms with E-state index >= 15 is 0 Å². The topological polar surface area (TPSA) is 58.6 Å². The third-order valence-electron chi connectivity index (χ3n) is 3.43. The van der Waals surface area contributed by atoms with Crippen molar-refractivity contribution in [3.8, 4) is 0 Å². The summed E-state index contributed by atoms with van der Waals surface area (Å²) in [5.74, 6) is 0.779. The number of pyridine rings is 1. The average Bonchev–Trinajstić information content (AvgIpc) is 2.87. The fourth-order valence-electron chi connectivity index (χ4n) is 2.28. The molecule has 0 amide bonds. The molecule has 98 valence electrons. The Morgan fingerprint density at radius 1 is 1.42 bits per heavy atom. The van der Waals surface area contributed by atoms with Crippen molar-refractivity contribution in [3.05, 3.63) is 51.2 Å². The van der Waals surface area contributed by atoms with Crippen molar-refractivity contribution in [3.63, 3.8) is 0 Å². The van der Waals surface area contributed by atoms with Crippen molar-refractivity contribution >= 4 is 11.8 Å². The molecule has 2 aromatic rings. The number of H-pyrrole nitrogens is 1. The van der Waals surface area contributed by atoms with E-state index in [-0.39, 0.29) is 5.56 Å². The van der Waals surface area contributed by atoms with Gasteiger partial charge in [0, 0.05) is 23.7 Å². The monoisotopic (exact) mass is 273 g/mol. The quantitative estimate of drug-likeness (QED) is 0.688. The van der Waals surface area contributed by atoms with Gasteiger partial charge in [0.1, 0.15) is 0 Å². The predicted octanol–water partition coefficient (Wildman–Crippen LogP) is 2.25. The van der Waals surface area contributed by atoms with Crippen molar-refractivity contribution in [2.75, 3.05) is 0 Å². The highest BCUT2D eigenvalue weighted by atomic mass is 32.2. The van der Waals surface area contributed by atoms with E-state index in [4.69, 9.17) is 0 Å². The van der Waals surface area contributed by atoms with Crippen LogP contribution >= 0.6 is 11.8 Å². The molecule has 1 aliphatic carbocycles. The summed E-state index contributed by atoms with van der Waals surface area (Å²) in [5, 5.41) is 0.717. The maximum absolute atomic E-state index is 11.9. The Bertz CT molecular complexity index is 666. The SMILES string of the molecule is Cc1ccncc1CSc1nc2c(c(=O)[nH]1)CCC2. The molecule has 0 fully saturated rings. The molecule has 1 N–H and O–H groups in total. The van der Waals surface area contributed by atoms with Crippen LogP contribution in [0.15, 0.2) is 28.4 Å². The summed E-state index contributed by atoms with van der Waals surface area (Å²) in [7, 11) is 0. The van der Waals surface area contributed by atoms with Crippen LogP contribution < -0.4 is 5.56 Å². The van der Waals surface area contributed by atoms with Crippen LogP contribution in [0.25, 0.3) is 0 Å². The Hall–Kier alpha value is -1.62. The molecule has 0 aromatic carbocycles. The summed E-state index contributed by atoms with van der Waals surface area (Å²) >= 11 is 1.56. The summed E-state index contributed by atoms with van der Waals surface area (Å²) in [6.45, 7) is 2.07. The lowest BCUT2D eigenvalue weighted by molar-refractivity contribution is 0.869. The summed E-state index contributed by atoms with van der Waals surface area (Å²) in [4.78, 5) is 23.4. The number of hydrogen-bond donors (Lipinski definition) is 1. The first kappa shape index (κ1) is 12.4. The third kappa shape index (κ3) is 2.56. The van der Waals surface area contributed by atoms with Crippen molar-refractivity contribution in [1.29, 1.82) is 0 Å². The molecule has 0 spiro atoms. The third-order valence-corrected chi connectivity index (χ3v) is 4.35. The molecule has 19 heavy (non-hydrogen) atoms. The first-order valence-corrected chi connectivity index (χ1v) is 7.37. The van der Waals surface area contributed by atoms with Gasteiger partial charge >= 0.3 is 0 Å². The van der Waals surface area contributed by atoms with Gasteiger partial charge in [0.2, 0.25) is 0 Å². The molecule has 2 aromatic heterocycles. The van der Waals surface area contributed by atoms with E-state index in [1.54, 1.807) is 18.0 Å². The molecule has 0 saturated carbocycles. The zero-order valence-corrected chi connectivity index (χ0v) is 11.6. The molecule has 1 aliphatic rings. The van der Waals surface area contributed by atoms with Crippen LogP contribution in [0.1, 0.15) is 28.8 Å². The largest absolute Gasteiger partial charge is 0.301 e. The molecule has 0 aliphatic heterocycles. The van der Waals surface area contributed by atoms with Gasteiger partial charge in [0.25, 0.3) is 5.56 Å². The lowest BCUT2D eigenvalue weighted by atomic mass is 10.2. The molecule has 0 unspecified atom stereocenters. The Balaban J connectivity index is 1.80. The second-order valence-electron chi connectivity index (χ2n) is 4.74. The van der Waals surface area contributed by atoms with Crippen molar-refractivity contribution < 1.29 is 0 Å². The van der Waals surface area contributed by atoms with Crippen LogP contribution in [-0.2, 0) is 18.6 Å². The fourth-order valence-corrected chi connectivity index (χ4v) is 3.22. The number of nitrogens with zero attached hydrogens (tertiary/aromatic N) is 2. The maximum Gasteiger partial charge on any atom is 0.254 e. The highest BCUT2D eigenvalue weighted by Gasteiger charge is 2.17. The number of thioether (sulfide) groups is 1. The van der Waals surface area contributed by atoms with Gasteiger partial charge in [-0.25, -0.2) is 4.98 Å². The van der Waals surface area contributed by atoms with Gasteiger partial charge in [-0.05, 0) is 43.4 Å². The molecule has 5 heteroatoms. The van der Waals surface area contributed by atoms with E-state index in [1.165, 1.54) is 11.1 Å². The minimum absolute atomic E-state index is 0.0351. The molecule has 0 saturated heterocycles. The van der Waals surface area contributed by atoms with E-state index in [0.29, 0.717) is 5.16 Å². The molecule has 4 nitrogen and oxygen atoms in total. The van der Waals surface area contributed by atoms with Crippen molar-refractivity contribution in [2.24, 2.45) is 0 Å². The Labute approximate surface area is 115 Å². The van der Waals surface area contributed by atoms with Crippen LogP contribution in [0, 0.1) is 6.92 Å². The number of rotatable bonds is 3. The first-order valence-electron chi connectivity index (χ1n) is 6.38. The smallest absolute Gasteiger partial charge is 0.254 e. The lowest BCUT2D eigenvalue weighted by Gasteiger charge is -2.05. The number of nitrogens with one attached hydrogen (secondary N) is 1. The van der Waals surface area contributed by atoms with Gasteiger partial charge in [0.15, 0.2) is 5.16 Å². The Kier molecular flexibility index (Phi) is 3.38. The van der Waals surface area contributed by atoms with E-state index in [2.05, 4.69) is 21.9 Å². The summed E-state index contributed by atoms with van der Waals surface area (Å²) in [6, 6.07) is 1.99. The fraction of sp³-hybridized carbons (Fsp3) is 0.357. The minimum atomic E-state index is 0.0351. The van der Waals surface area contributed by atoms with Gasteiger partial charge in [-0.3, -0.25) is 9.78 Å². The standard InChI is InChI=1S/C14H15N3OS/c1-9-5-6-15-7-10(9)8-19-14-16-12-4-2-3-11(12)13(18)17-14/h5-7H,2-4,8H2,1H3,(H,16,17,18). The first-order chi connectivity index (χ1) is 9.24. The van der Waals surface area contributed by atoms with Crippen molar-refractivity contribution in [2.45, 2.75) is 37.1 Å². The number of aryl methyl sites for hydroxylation is 2. The van der Waals surface area contributed by atoms with Gasteiger partial charge < -0.3 is 4.98 Å². The second-order valence-corrected chi connectivity index (χ2v) is 5.70. The summed E-state index contributed by atoms with van der Waals surface area (Å²) < 4.78 is 0. The molecule has 2 heterocycles. The van der Waals surface area contributed by atoms with E-state index in [1.807, 2.05) is 12.3 Å². The van der Waals surface area contributed by atoms with Crippen molar-refractivity contribution in [1.82, 2.24) is 15.0 Å². The summed E-state index contributed by atoms with van der Waals surface area (Å²) in [6.07, 6.45) is 6.50. The molecule has 0 radical (unpaired) electrons. The Morgan fingerprint density at radius 3 is 3.16 bits per heavy atom. The zero-order valence-electron chi connectivity index (χ0n) is 10.8. The minimum Gasteiger partial charge on any atom is -0.301 e. The van der Waals surface area contributed by atoms with Gasteiger partial charge in [-0.2, -0.15) is 0 Å². The summed E-state index contributed by atoms with van der Waals surface area (Å²) in [5.41, 5.74) is 4.28. The normalized spacial score (nSPS) is 13.5. The molecular formula is C14H15N3OS. The average molecular weight is 273 g/mol. The van der Waals surface area contributed by atoms with Gasteiger partial charge in [-0.15, -0.1) is 0 Å². The Morgan fingerprint density at radius 2 is 2.32 bits per heavy atom.